The zero-order valence-electron chi connectivity index (χ0n) is 20.2. The van der Waals surface area contributed by atoms with E-state index in [1.807, 2.05) is 54.6 Å². The van der Waals surface area contributed by atoms with Crippen molar-refractivity contribution in [3.63, 3.8) is 0 Å². The fourth-order valence-electron chi connectivity index (χ4n) is 4.08. The number of rotatable bonds is 10. The van der Waals surface area contributed by atoms with Gasteiger partial charge >= 0.3 is 0 Å². The summed E-state index contributed by atoms with van der Waals surface area (Å²) >= 11 is 0. The predicted octanol–water partition coefficient (Wildman–Crippen LogP) is 3.93. The van der Waals surface area contributed by atoms with E-state index in [1.54, 1.807) is 13.3 Å². The number of likely N-dealkylation sites (N-methyl/N-ethyl adjacent to an activating group) is 1. The van der Waals surface area contributed by atoms with Gasteiger partial charge in [0.2, 0.25) is 6.29 Å². The van der Waals surface area contributed by atoms with Crippen LogP contribution in [0.25, 0.3) is 11.0 Å². The van der Waals surface area contributed by atoms with Gasteiger partial charge in [-0.1, -0.05) is 42.5 Å². The second-order valence-electron chi connectivity index (χ2n) is 8.48. The van der Waals surface area contributed by atoms with Gasteiger partial charge in [-0.15, -0.1) is 0 Å². The quantitative estimate of drug-likeness (QED) is 0.439. The highest BCUT2D eigenvalue weighted by atomic mass is 16.7. The molecule has 1 N–H and O–H groups in total. The fraction of sp³-hybridized carbons (Fsp3) is 0.370. The summed E-state index contributed by atoms with van der Waals surface area (Å²) < 4.78 is 28.3. The van der Waals surface area contributed by atoms with Crippen molar-refractivity contribution >= 4 is 16.9 Å². The predicted molar refractivity (Wildman–Crippen MR) is 129 cm³/mol. The van der Waals surface area contributed by atoms with Gasteiger partial charge in [-0.05, 0) is 23.3 Å². The molecule has 186 valence electrons. The molecular weight excluding hydrogens is 450 g/mol. The van der Waals surface area contributed by atoms with Crippen LogP contribution in [0.2, 0.25) is 0 Å². The Morgan fingerprint density at radius 1 is 1.11 bits per heavy atom. The van der Waals surface area contributed by atoms with Gasteiger partial charge in [0.25, 0.3) is 5.91 Å². The first-order valence-electron chi connectivity index (χ1n) is 11.5. The lowest BCUT2D eigenvalue weighted by atomic mass is 9.92. The van der Waals surface area contributed by atoms with Gasteiger partial charge in [0.1, 0.15) is 5.58 Å². The summed E-state index contributed by atoms with van der Waals surface area (Å²) in [4.78, 5) is 14.8. The van der Waals surface area contributed by atoms with Crippen LogP contribution in [-0.4, -0.2) is 56.3 Å². The molecule has 1 aromatic heterocycles. The molecule has 8 nitrogen and oxygen atoms in total. The Labute approximate surface area is 204 Å². The molecular formula is C27H31NO7. The number of amides is 1. The number of furan rings is 1. The molecule has 35 heavy (non-hydrogen) atoms. The zero-order chi connectivity index (χ0) is 24.8. The summed E-state index contributed by atoms with van der Waals surface area (Å²) in [6, 6.07) is 15.3. The number of aliphatic hydroxyl groups excluding tert-OH is 1. The molecule has 2 heterocycles. The number of hydrogen-bond acceptors (Lipinski definition) is 7. The molecule has 0 bridgehead atoms. The number of ether oxygens (including phenoxy) is 4. The van der Waals surface area contributed by atoms with Crippen LogP contribution in [0, 0.1) is 0 Å². The van der Waals surface area contributed by atoms with Crippen LogP contribution in [0.1, 0.15) is 29.0 Å². The normalized spacial score (nSPS) is 17.9. The van der Waals surface area contributed by atoms with E-state index < -0.39 is 12.6 Å². The standard InChI is InChI=1S/C27H31NO7/c1-28(14-26(31-2)32-3)27(30)24-12-20(22-17-33-23-7-5-4-6-21(22)23)13-25(35-24)34-16-19-10-8-18(15-29)9-11-19/h4-12,17,20,25-26,29H,13-16H2,1-3H3/t20-,25+/m0/s1. The topological polar surface area (TPSA) is 90.6 Å². The van der Waals surface area contributed by atoms with Crippen molar-refractivity contribution in [3.05, 3.63) is 83.3 Å². The van der Waals surface area contributed by atoms with E-state index in [4.69, 9.17) is 23.4 Å². The summed E-state index contributed by atoms with van der Waals surface area (Å²) in [6.07, 6.45) is 2.91. The van der Waals surface area contributed by atoms with E-state index in [2.05, 4.69) is 0 Å². The molecule has 0 saturated heterocycles. The lowest BCUT2D eigenvalue weighted by Gasteiger charge is -2.31. The van der Waals surface area contributed by atoms with Crippen molar-refractivity contribution in [2.45, 2.75) is 38.1 Å². The van der Waals surface area contributed by atoms with Crippen molar-refractivity contribution in [1.29, 1.82) is 0 Å². The summed E-state index contributed by atoms with van der Waals surface area (Å²) in [5, 5.41) is 10.2. The second-order valence-corrected chi connectivity index (χ2v) is 8.48. The van der Waals surface area contributed by atoms with Crippen molar-refractivity contribution in [3.8, 4) is 0 Å². The first-order chi connectivity index (χ1) is 17.0. The Morgan fingerprint density at radius 2 is 1.83 bits per heavy atom. The van der Waals surface area contributed by atoms with Gasteiger partial charge in [0.05, 0.1) is 26.0 Å². The first kappa shape index (κ1) is 24.9. The monoisotopic (exact) mass is 481 g/mol. The maximum atomic E-state index is 13.3. The van der Waals surface area contributed by atoms with Gasteiger partial charge < -0.3 is 33.4 Å². The molecule has 8 heteroatoms. The molecule has 0 aliphatic carbocycles. The number of methoxy groups -OCH3 is 2. The summed E-state index contributed by atoms with van der Waals surface area (Å²) in [5.74, 6) is -0.217. The van der Waals surface area contributed by atoms with Crippen LogP contribution >= 0.6 is 0 Å². The summed E-state index contributed by atoms with van der Waals surface area (Å²) in [6.45, 7) is 0.542. The minimum absolute atomic E-state index is 0.00993. The van der Waals surface area contributed by atoms with E-state index in [0.717, 1.165) is 27.7 Å². The minimum Gasteiger partial charge on any atom is -0.464 e. The van der Waals surface area contributed by atoms with Crippen LogP contribution in [0.5, 0.6) is 0 Å². The Bertz CT molecular complexity index is 1150. The molecule has 0 spiro atoms. The number of carbonyl (C=O) groups is 1. The molecule has 0 unspecified atom stereocenters. The van der Waals surface area contributed by atoms with Gasteiger partial charge in [0.15, 0.2) is 12.0 Å². The van der Waals surface area contributed by atoms with Crippen molar-refractivity contribution in [2.75, 3.05) is 27.8 Å². The molecule has 3 aromatic rings. The van der Waals surface area contributed by atoms with E-state index in [0.29, 0.717) is 13.0 Å². The number of allylic oxidation sites excluding steroid dienone is 1. The zero-order valence-corrected chi connectivity index (χ0v) is 20.2. The maximum absolute atomic E-state index is 13.3. The van der Waals surface area contributed by atoms with E-state index >= 15 is 0 Å². The molecule has 0 radical (unpaired) electrons. The highest BCUT2D eigenvalue weighted by Gasteiger charge is 2.32. The molecule has 1 aliphatic rings. The van der Waals surface area contributed by atoms with E-state index in [1.165, 1.54) is 19.1 Å². The van der Waals surface area contributed by atoms with Gasteiger partial charge in [-0.3, -0.25) is 4.79 Å². The number of benzene rings is 2. The number of carbonyl (C=O) groups excluding carboxylic acids is 1. The first-order valence-corrected chi connectivity index (χ1v) is 11.5. The molecule has 4 rings (SSSR count). The average Bonchev–Trinajstić information content (AvgIpc) is 3.34. The molecule has 0 fully saturated rings. The van der Waals surface area contributed by atoms with Crippen LogP contribution in [-0.2, 0) is 37.0 Å². The number of para-hydroxylation sites is 1. The molecule has 2 aromatic carbocycles. The summed E-state index contributed by atoms with van der Waals surface area (Å²) in [5.41, 5.74) is 3.54. The Kier molecular flexibility index (Phi) is 8.20. The Balaban J connectivity index is 1.56. The van der Waals surface area contributed by atoms with Crippen molar-refractivity contribution in [2.24, 2.45) is 0 Å². The van der Waals surface area contributed by atoms with Gasteiger partial charge in [0, 0.05) is 44.6 Å². The van der Waals surface area contributed by atoms with Crippen LogP contribution in [0.4, 0.5) is 0 Å². The Morgan fingerprint density at radius 3 is 2.54 bits per heavy atom. The average molecular weight is 482 g/mol. The van der Waals surface area contributed by atoms with Gasteiger partial charge in [-0.2, -0.15) is 0 Å². The van der Waals surface area contributed by atoms with E-state index in [9.17, 15) is 9.90 Å². The maximum Gasteiger partial charge on any atom is 0.288 e. The van der Waals surface area contributed by atoms with Crippen LogP contribution in [0.15, 0.2) is 71.0 Å². The third-order valence-corrected chi connectivity index (χ3v) is 6.12. The largest absolute Gasteiger partial charge is 0.464 e. The fourth-order valence-corrected chi connectivity index (χ4v) is 4.08. The third kappa shape index (κ3) is 5.91. The minimum atomic E-state index is -0.635. The molecule has 2 atom stereocenters. The molecule has 0 saturated carbocycles. The van der Waals surface area contributed by atoms with Crippen LogP contribution < -0.4 is 0 Å². The van der Waals surface area contributed by atoms with Crippen molar-refractivity contribution < 1.29 is 33.3 Å². The lowest BCUT2D eigenvalue weighted by Crippen LogP contribution is -2.39. The van der Waals surface area contributed by atoms with Gasteiger partial charge in [-0.25, -0.2) is 0 Å². The lowest BCUT2D eigenvalue weighted by molar-refractivity contribution is -0.160. The highest BCUT2D eigenvalue weighted by Crippen LogP contribution is 2.36. The molecule has 1 amide bonds. The number of nitrogens with zero attached hydrogens (tertiary/aromatic N) is 1. The molecule has 1 aliphatic heterocycles. The number of fused-ring (bicyclic) bond motifs is 1. The number of aliphatic hydroxyl groups is 1. The third-order valence-electron chi connectivity index (χ3n) is 6.12. The van der Waals surface area contributed by atoms with Crippen molar-refractivity contribution in [1.82, 2.24) is 4.90 Å². The Hall–Kier alpha value is -3.17. The van der Waals surface area contributed by atoms with Crippen LogP contribution in [0.3, 0.4) is 0 Å². The van der Waals surface area contributed by atoms with E-state index in [-0.39, 0.29) is 30.7 Å². The smallest absolute Gasteiger partial charge is 0.288 e. The highest BCUT2D eigenvalue weighted by molar-refractivity contribution is 5.92. The second kappa shape index (κ2) is 11.5. The number of hydrogen-bond donors (Lipinski definition) is 1. The SMILES string of the molecule is COC(CN(C)C(=O)C1=C[C@H](c2coc3ccccc23)C[C@H](OCc2ccc(CO)cc2)O1)OC. The summed E-state index contributed by atoms with van der Waals surface area (Å²) in [7, 11) is 4.73.